The SMILES string of the molecule is COC(=O)C(O)CNC(=O)Nc1cc(C(=O)N(C)C)ccc1Cl. The molecule has 0 fully saturated rings. The highest BCUT2D eigenvalue weighted by molar-refractivity contribution is 6.33. The van der Waals surface area contributed by atoms with E-state index in [1.807, 2.05) is 0 Å². The van der Waals surface area contributed by atoms with Crippen LogP contribution in [0.2, 0.25) is 5.02 Å². The number of carbonyl (C=O) groups is 3. The molecule has 0 bridgehead atoms. The van der Waals surface area contributed by atoms with Crippen molar-refractivity contribution in [2.45, 2.75) is 6.10 Å². The lowest BCUT2D eigenvalue weighted by molar-refractivity contribution is -0.149. The number of halogens is 1. The van der Waals surface area contributed by atoms with E-state index >= 15 is 0 Å². The summed E-state index contributed by atoms with van der Waals surface area (Å²) in [6, 6.07) is 3.76. The van der Waals surface area contributed by atoms with Gasteiger partial charge in [0.15, 0.2) is 6.10 Å². The van der Waals surface area contributed by atoms with Crippen molar-refractivity contribution in [3.05, 3.63) is 28.8 Å². The summed E-state index contributed by atoms with van der Waals surface area (Å²) in [5, 5.41) is 14.3. The molecule has 3 N–H and O–H groups in total. The Kier molecular flexibility index (Phi) is 6.80. The fourth-order valence-electron chi connectivity index (χ4n) is 1.59. The van der Waals surface area contributed by atoms with Crippen LogP contribution in [-0.2, 0) is 9.53 Å². The minimum atomic E-state index is -1.47. The van der Waals surface area contributed by atoms with Gasteiger partial charge in [0.1, 0.15) is 0 Å². The third kappa shape index (κ3) is 5.42. The summed E-state index contributed by atoms with van der Waals surface area (Å²) in [5.41, 5.74) is 0.578. The molecular weight excluding hydrogens is 326 g/mol. The molecule has 8 nitrogen and oxygen atoms in total. The Bertz CT molecular complexity index is 606. The minimum absolute atomic E-state index is 0.226. The molecule has 1 unspecified atom stereocenters. The predicted octanol–water partition coefficient (Wildman–Crippen LogP) is 0.697. The zero-order valence-electron chi connectivity index (χ0n) is 12.9. The van der Waals surface area contributed by atoms with Crippen LogP contribution in [0.15, 0.2) is 18.2 Å². The highest BCUT2D eigenvalue weighted by atomic mass is 35.5. The van der Waals surface area contributed by atoms with Crippen LogP contribution in [0.1, 0.15) is 10.4 Å². The minimum Gasteiger partial charge on any atom is -0.467 e. The van der Waals surface area contributed by atoms with E-state index < -0.39 is 18.1 Å². The standard InChI is InChI=1S/C14H18ClN3O5/c1-18(2)12(20)8-4-5-9(15)10(6-8)17-14(22)16-7-11(19)13(21)23-3/h4-6,11,19H,7H2,1-3H3,(H2,16,17,22). The Labute approximate surface area is 138 Å². The van der Waals surface area contributed by atoms with Gasteiger partial charge in [0, 0.05) is 19.7 Å². The molecule has 0 saturated carbocycles. The highest BCUT2D eigenvalue weighted by Crippen LogP contribution is 2.23. The molecule has 0 aliphatic rings. The Morgan fingerprint density at radius 2 is 2.00 bits per heavy atom. The number of benzene rings is 1. The normalized spacial score (nSPS) is 11.3. The first-order chi connectivity index (χ1) is 10.8. The molecule has 0 radical (unpaired) electrons. The third-order valence-corrected chi connectivity index (χ3v) is 3.13. The lowest BCUT2D eigenvalue weighted by Crippen LogP contribution is -2.39. The van der Waals surface area contributed by atoms with E-state index in [0.717, 1.165) is 7.11 Å². The van der Waals surface area contributed by atoms with Gasteiger partial charge in [0.2, 0.25) is 0 Å². The molecule has 0 aliphatic heterocycles. The zero-order valence-corrected chi connectivity index (χ0v) is 13.7. The number of nitrogens with one attached hydrogen (secondary N) is 2. The molecule has 1 aromatic carbocycles. The number of ether oxygens (including phenoxy) is 1. The molecule has 0 aromatic heterocycles. The van der Waals surface area contributed by atoms with Crippen LogP contribution >= 0.6 is 11.6 Å². The van der Waals surface area contributed by atoms with Crippen LogP contribution in [0.4, 0.5) is 10.5 Å². The van der Waals surface area contributed by atoms with Gasteiger partial charge in [-0.1, -0.05) is 11.6 Å². The third-order valence-electron chi connectivity index (χ3n) is 2.80. The van der Waals surface area contributed by atoms with Gasteiger partial charge in [-0.25, -0.2) is 9.59 Å². The van der Waals surface area contributed by atoms with Crippen molar-refractivity contribution in [2.24, 2.45) is 0 Å². The van der Waals surface area contributed by atoms with Crippen molar-refractivity contribution in [1.29, 1.82) is 0 Å². The first-order valence-electron chi connectivity index (χ1n) is 6.58. The number of anilines is 1. The summed E-state index contributed by atoms with van der Waals surface area (Å²) >= 11 is 5.97. The van der Waals surface area contributed by atoms with E-state index in [2.05, 4.69) is 15.4 Å². The second kappa shape index (κ2) is 8.35. The lowest BCUT2D eigenvalue weighted by atomic mass is 10.2. The first-order valence-corrected chi connectivity index (χ1v) is 6.96. The molecule has 9 heteroatoms. The molecule has 0 heterocycles. The number of urea groups is 1. The van der Waals surface area contributed by atoms with Gasteiger partial charge in [-0.05, 0) is 18.2 Å². The monoisotopic (exact) mass is 343 g/mol. The Morgan fingerprint density at radius 1 is 1.35 bits per heavy atom. The van der Waals surface area contributed by atoms with Crippen LogP contribution in [0.3, 0.4) is 0 Å². The molecule has 3 amide bonds. The highest BCUT2D eigenvalue weighted by Gasteiger charge is 2.17. The van der Waals surface area contributed by atoms with Gasteiger partial charge in [-0.2, -0.15) is 0 Å². The number of aliphatic hydroxyl groups excluding tert-OH is 1. The van der Waals surface area contributed by atoms with Crippen molar-refractivity contribution in [3.8, 4) is 0 Å². The zero-order chi connectivity index (χ0) is 17.6. The summed E-state index contributed by atoms with van der Waals surface area (Å²) in [4.78, 5) is 36.0. The number of rotatable bonds is 5. The van der Waals surface area contributed by atoms with Gasteiger partial charge in [0.05, 0.1) is 24.4 Å². The molecule has 0 saturated heterocycles. The van der Waals surface area contributed by atoms with E-state index in [1.54, 1.807) is 14.1 Å². The van der Waals surface area contributed by atoms with Crippen molar-refractivity contribution in [2.75, 3.05) is 33.1 Å². The largest absolute Gasteiger partial charge is 0.467 e. The number of nitrogens with zero attached hydrogens (tertiary/aromatic N) is 1. The summed E-state index contributed by atoms with van der Waals surface area (Å²) < 4.78 is 4.32. The summed E-state index contributed by atoms with van der Waals surface area (Å²) in [7, 11) is 4.33. The Balaban J connectivity index is 2.72. The number of amides is 3. The topological polar surface area (TPSA) is 108 Å². The van der Waals surface area contributed by atoms with Crippen molar-refractivity contribution in [3.63, 3.8) is 0 Å². The second-order valence-corrected chi connectivity index (χ2v) is 5.18. The van der Waals surface area contributed by atoms with Crippen LogP contribution in [0.5, 0.6) is 0 Å². The van der Waals surface area contributed by atoms with E-state index in [9.17, 15) is 19.5 Å². The molecule has 1 atom stereocenters. The van der Waals surface area contributed by atoms with Crippen molar-refractivity contribution < 1.29 is 24.2 Å². The quantitative estimate of drug-likeness (QED) is 0.682. The van der Waals surface area contributed by atoms with Crippen LogP contribution < -0.4 is 10.6 Å². The fraction of sp³-hybridized carbons (Fsp3) is 0.357. The maximum absolute atomic E-state index is 11.9. The average Bonchev–Trinajstić information content (AvgIpc) is 2.52. The molecule has 1 rings (SSSR count). The second-order valence-electron chi connectivity index (χ2n) is 4.77. The molecule has 1 aromatic rings. The van der Waals surface area contributed by atoms with E-state index in [1.165, 1.54) is 23.1 Å². The number of hydrogen-bond acceptors (Lipinski definition) is 5. The lowest BCUT2D eigenvalue weighted by Gasteiger charge is -2.14. The molecule has 0 spiro atoms. The summed E-state index contributed by atoms with van der Waals surface area (Å²) in [5.74, 6) is -1.10. The van der Waals surface area contributed by atoms with Gasteiger partial charge >= 0.3 is 12.0 Å². The van der Waals surface area contributed by atoms with Crippen molar-refractivity contribution in [1.82, 2.24) is 10.2 Å². The van der Waals surface area contributed by atoms with Gasteiger partial charge < -0.3 is 25.4 Å². The van der Waals surface area contributed by atoms with Gasteiger partial charge in [0.25, 0.3) is 5.91 Å². The number of aliphatic hydroxyl groups is 1. The summed E-state index contributed by atoms with van der Waals surface area (Å²) in [6.07, 6.45) is -1.47. The van der Waals surface area contributed by atoms with E-state index in [4.69, 9.17) is 11.6 Å². The van der Waals surface area contributed by atoms with Gasteiger partial charge in [-0.15, -0.1) is 0 Å². The molecule has 126 valence electrons. The van der Waals surface area contributed by atoms with Gasteiger partial charge in [-0.3, -0.25) is 4.79 Å². The Morgan fingerprint density at radius 3 is 2.57 bits per heavy atom. The molecule has 0 aliphatic carbocycles. The van der Waals surface area contributed by atoms with Crippen LogP contribution in [0.25, 0.3) is 0 Å². The number of hydrogen-bond donors (Lipinski definition) is 3. The first kappa shape index (κ1) is 18.7. The molecule has 23 heavy (non-hydrogen) atoms. The van der Waals surface area contributed by atoms with E-state index in [-0.39, 0.29) is 23.2 Å². The van der Waals surface area contributed by atoms with E-state index in [0.29, 0.717) is 5.56 Å². The van der Waals surface area contributed by atoms with Crippen LogP contribution in [0, 0.1) is 0 Å². The van der Waals surface area contributed by atoms with Crippen LogP contribution in [-0.4, -0.2) is 61.8 Å². The number of methoxy groups -OCH3 is 1. The average molecular weight is 344 g/mol. The Hall–Kier alpha value is -2.32. The molecular formula is C14H18ClN3O5. The maximum atomic E-state index is 11.9. The number of carbonyl (C=O) groups excluding carboxylic acids is 3. The van der Waals surface area contributed by atoms with Crippen molar-refractivity contribution >= 4 is 35.2 Å². The predicted molar refractivity (Wildman–Crippen MR) is 84.5 cm³/mol. The fourth-order valence-corrected chi connectivity index (χ4v) is 1.75. The number of esters is 1. The smallest absolute Gasteiger partial charge is 0.336 e. The maximum Gasteiger partial charge on any atom is 0.336 e. The summed E-state index contributed by atoms with van der Waals surface area (Å²) in [6.45, 7) is -0.327.